The van der Waals surface area contributed by atoms with Gasteiger partial charge >= 0.3 is 6.03 Å². The number of hydrogen-bond donors (Lipinski definition) is 1. The molecule has 1 aromatic heterocycles. The van der Waals surface area contributed by atoms with Crippen LogP contribution in [0.3, 0.4) is 0 Å². The second-order valence-corrected chi connectivity index (χ2v) is 9.89. The van der Waals surface area contributed by atoms with Crippen molar-refractivity contribution in [1.82, 2.24) is 15.1 Å². The van der Waals surface area contributed by atoms with Crippen molar-refractivity contribution < 1.29 is 4.79 Å². The maximum atomic E-state index is 12.9. The van der Waals surface area contributed by atoms with Gasteiger partial charge in [0.25, 0.3) is 0 Å². The highest BCUT2D eigenvalue weighted by molar-refractivity contribution is 7.99. The van der Waals surface area contributed by atoms with Crippen molar-refractivity contribution in [2.45, 2.75) is 56.7 Å². The van der Waals surface area contributed by atoms with Crippen LogP contribution in [0.2, 0.25) is 0 Å². The van der Waals surface area contributed by atoms with Gasteiger partial charge in [-0.05, 0) is 37.1 Å². The van der Waals surface area contributed by atoms with Crippen molar-refractivity contribution in [3.8, 4) is 0 Å². The minimum atomic E-state index is 0.147. The lowest BCUT2D eigenvalue weighted by atomic mass is 9.94. The number of nitrogens with one attached hydrogen (secondary N) is 1. The molecule has 1 aliphatic heterocycles. The van der Waals surface area contributed by atoms with Gasteiger partial charge in [0.1, 0.15) is 0 Å². The molecule has 138 valence electrons. The average Bonchev–Trinajstić information content (AvgIpc) is 3.15. The Kier molecular flexibility index (Phi) is 5.58. The second-order valence-electron chi connectivity index (χ2n) is 7.63. The Labute approximate surface area is 159 Å². The van der Waals surface area contributed by atoms with Gasteiger partial charge in [-0.2, -0.15) is 11.8 Å². The van der Waals surface area contributed by atoms with Crippen LogP contribution in [0.4, 0.5) is 4.79 Å². The number of urea groups is 1. The lowest BCUT2D eigenvalue weighted by molar-refractivity contribution is 0.101. The molecule has 2 saturated carbocycles. The molecule has 0 spiro atoms. The summed E-state index contributed by atoms with van der Waals surface area (Å²) >= 11 is 3.81. The first-order valence-electron chi connectivity index (χ1n) is 9.67. The number of thiophene rings is 1. The predicted octanol–water partition coefficient (Wildman–Crippen LogP) is 3.78. The summed E-state index contributed by atoms with van der Waals surface area (Å²) in [6.45, 7) is 3.95. The Morgan fingerprint density at radius 1 is 1.28 bits per heavy atom. The maximum Gasteiger partial charge on any atom is 0.318 e. The number of amides is 2. The van der Waals surface area contributed by atoms with Crippen molar-refractivity contribution in [1.29, 1.82) is 0 Å². The van der Waals surface area contributed by atoms with Gasteiger partial charge < -0.3 is 10.2 Å². The van der Waals surface area contributed by atoms with E-state index < -0.39 is 0 Å². The number of rotatable bonds is 6. The van der Waals surface area contributed by atoms with Gasteiger partial charge in [-0.15, -0.1) is 11.3 Å². The molecule has 2 heterocycles. The van der Waals surface area contributed by atoms with Crippen LogP contribution >= 0.6 is 23.1 Å². The second kappa shape index (κ2) is 7.89. The standard InChI is InChI=1S/C19H29N3OS2/c23-18(22(16-5-6-16)14-17-4-3-11-25-17)20-15-19(7-1-2-8-19)21-9-12-24-13-10-21/h3-4,11,16H,1-2,5-10,12-15H2,(H,20,23). The van der Waals surface area contributed by atoms with E-state index in [1.807, 2.05) is 0 Å². The summed E-state index contributed by atoms with van der Waals surface area (Å²) in [5.41, 5.74) is 0.217. The van der Waals surface area contributed by atoms with E-state index in [1.54, 1.807) is 11.3 Å². The summed E-state index contributed by atoms with van der Waals surface area (Å²) in [6, 6.07) is 4.81. The fraction of sp³-hybridized carbons (Fsp3) is 0.737. The molecule has 1 saturated heterocycles. The van der Waals surface area contributed by atoms with Crippen LogP contribution in [0.1, 0.15) is 43.4 Å². The fourth-order valence-electron chi connectivity index (χ4n) is 4.34. The lowest BCUT2D eigenvalue weighted by Crippen LogP contribution is -2.57. The van der Waals surface area contributed by atoms with Crippen LogP contribution in [0, 0.1) is 0 Å². The number of thioether (sulfide) groups is 1. The zero-order chi connectivity index (χ0) is 17.1. The van der Waals surface area contributed by atoms with Crippen molar-refractivity contribution in [2.24, 2.45) is 0 Å². The molecule has 4 rings (SSSR count). The van der Waals surface area contributed by atoms with E-state index in [0.717, 1.165) is 25.9 Å². The maximum absolute atomic E-state index is 12.9. The van der Waals surface area contributed by atoms with E-state index in [0.29, 0.717) is 6.04 Å². The smallest absolute Gasteiger partial charge is 0.318 e. The van der Waals surface area contributed by atoms with Gasteiger partial charge in [0.15, 0.2) is 0 Å². The highest BCUT2D eigenvalue weighted by atomic mass is 32.2. The molecule has 25 heavy (non-hydrogen) atoms. The molecule has 3 aliphatic rings. The first-order valence-corrected chi connectivity index (χ1v) is 11.7. The first-order chi connectivity index (χ1) is 12.3. The highest BCUT2D eigenvalue weighted by Crippen LogP contribution is 2.36. The van der Waals surface area contributed by atoms with Crippen LogP contribution < -0.4 is 5.32 Å². The summed E-state index contributed by atoms with van der Waals surface area (Å²) in [4.78, 5) is 19.0. The number of nitrogens with zero attached hydrogens (tertiary/aromatic N) is 2. The highest BCUT2D eigenvalue weighted by Gasteiger charge is 2.41. The van der Waals surface area contributed by atoms with E-state index in [1.165, 1.54) is 55.2 Å². The first kappa shape index (κ1) is 17.7. The van der Waals surface area contributed by atoms with Crippen LogP contribution in [0.25, 0.3) is 0 Å². The lowest BCUT2D eigenvalue weighted by Gasteiger charge is -2.43. The third kappa shape index (κ3) is 4.17. The zero-order valence-corrected chi connectivity index (χ0v) is 16.5. The normalized spacial score (nSPS) is 23.5. The number of carbonyl (C=O) groups excluding carboxylic acids is 1. The Hall–Kier alpha value is -0.720. The molecule has 2 amide bonds. The minimum absolute atomic E-state index is 0.147. The minimum Gasteiger partial charge on any atom is -0.336 e. The van der Waals surface area contributed by atoms with Gasteiger partial charge in [0, 0.05) is 47.6 Å². The average molecular weight is 380 g/mol. The van der Waals surface area contributed by atoms with Crippen LogP contribution in [0.15, 0.2) is 17.5 Å². The Bertz CT molecular complexity index is 561. The summed E-state index contributed by atoms with van der Waals surface area (Å²) in [7, 11) is 0. The summed E-state index contributed by atoms with van der Waals surface area (Å²) in [5.74, 6) is 2.48. The predicted molar refractivity (Wildman–Crippen MR) is 106 cm³/mol. The summed E-state index contributed by atoms with van der Waals surface area (Å²) < 4.78 is 0. The third-order valence-corrected chi connectivity index (χ3v) is 7.74. The van der Waals surface area contributed by atoms with Crippen LogP contribution in [-0.2, 0) is 6.54 Å². The van der Waals surface area contributed by atoms with Gasteiger partial charge in [-0.3, -0.25) is 4.90 Å². The molecule has 0 bridgehead atoms. The van der Waals surface area contributed by atoms with Crippen molar-refractivity contribution in [3.05, 3.63) is 22.4 Å². The van der Waals surface area contributed by atoms with E-state index >= 15 is 0 Å². The van der Waals surface area contributed by atoms with Crippen LogP contribution in [0.5, 0.6) is 0 Å². The molecule has 0 unspecified atom stereocenters. The van der Waals surface area contributed by atoms with Gasteiger partial charge in [-0.1, -0.05) is 18.9 Å². The van der Waals surface area contributed by atoms with E-state index in [9.17, 15) is 4.79 Å². The van der Waals surface area contributed by atoms with E-state index in [-0.39, 0.29) is 11.6 Å². The molecule has 6 heteroatoms. The SMILES string of the molecule is O=C(NCC1(N2CCSCC2)CCCC1)N(Cc1cccs1)C1CC1. The largest absolute Gasteiger partial charge is 0.336 e. The van der Waals surface area contributed by atoms with E-state index in [4.69, 9.17) is 0 Å². The van der Waals surface area contributed by atoms with Crippen molar-refractivity contribution in [3.63, 3.8) is 0 Å². The molecular weight excluding hydrogens is 350 g/mol. The zero-order valence-electron chi connectivity index (χ0n) is 14.9. The molecule has 0 radical (unpaired) electrons. The Balaban J connectivity index is 1.38. The molecule has 4 nitrogen and oxygen atoms in total. The molecule has 0 aromatic carbocycles. The van der Waals surface area contributed by atoms with Crippen LogP contribution in [-0.4, -0.2) is 58.6 Å². The molecule has 1 N–H and O–H groups in total. The van der Waals surface area contributed by atoms with Gasteiger partial charge in [-0.25, -0.2) is 4.79 Å². The van der Waals surface area contributed by atoms with E-state index in [2.05, 4.69) is 44.4 Å². The molecule has 1 aromatic rings. The quantitative estimate of drug-likeness (QED) is 0.817. The summed E-state index contributed by atoms with van der Waals surface area (Å²) in [6.07, 6.45) is 7.42. The molecule has 3 fully saturated rings. The Morgan fingerprint density at radius 2 is 2.04 bits per heavy atom. The summed E-state index contributed by atoms with van der Waals surface area (Å²) in [5, 5.41) is 5.44. The fourth-order valence-corrected chi connectivity index (χ4v) is 5.95. The topological polar surface area (TPSA) is 35.6 Å². The number of hydrogen-bond acceptors (Lipinski definition) is 4. The van der Waals surface area contributed by atoms with Crippen molar-refractivity contribution in [2.75, 3.05) is 31.1 Å². The van der Waals surface area contributed by atoms with Gasteiger partial charge in [0.05, 0.1) is 6.54 Å². The number of carbonyl (C=O) groups is 1. The molecular formula is C19H29N3OS2. The molecule has 2 aliphatic carbocycles. The van der Waals surface area contributed by atoms with Crippen molar-refractivity contribution >= 4 is 29.1 Å². The van der Waals surface area contributed by atoms with Gasteiger partial charge in [0.2, 0.25) is 0 Å². The Morgan fingerprint density at radius 3 is 2.68 bits per heavy atom. The molecule has 0 atom stereocenters. The third-order valence-electron chi connectivity index (χ3n) is 5.94. The monoisotopic (exact) mass is 379 g/mol.